The third kappa shape index (κ3) is 5.09. The van der Waals surface area contributed by atoms with Crippen molar-refractivity contribution in [1.29, 1.82) is 0 Å². The van der Waals surface area contributed by atoms with Gasteiger partial charge in [-0.05, 0) is 13.3 Å². The minimum absolute atomic E-state index is 0.399. The van der Waals surface area contributed by atoms with Gasteiger partial charge >= 0.3 is 0 Å². The molecule has 2 N–H and O–H groups in total. The summed E-state index contributed by atoms with van der Waals surface area (Å²) in [5.41, 5.74) is 5.95. The summed E-state index contributed by atoms with van der Waals surface area (Å²) in [4.78, 5) is 10.2. The van der Waals surface area contributed by atoms with E-state index >= 15 is 0 Å². The maximum atomic E-state index is 10.2. The zero-order chi connectivity index (χ0) is 7.98. The van der Waals surface area contributed by atoms with E-state index in [1.165, 1.54) is 6.08 Å². The molecule has 0 aliphatic heterocycles. The molecule has 2 nitrogen and oxygen atoms in total. The normalized spacial score (nSPS) is 12.4. The molecule has 0 heterocycles. The number of nitrogens with two attached hydrogens (primary N) is 1. The van der Waals surface area contributed by atoms with E-state index in [0.29, 0.717) is 0 Å². The number of primary amides is 1. The van der Waals surface area contributed by atoms with Crippen molar-refractivity contribution >= 4 is 5.91 Å². The second-order valence-corrected chi connectivity index (χ2v) is 2.09. The second kappa shape index (κ2) is 4.79. The first-order valence-electron chi connectivity index (χ1n) is 3.31. The molecule has 0 aliphatic carbocycles. The number of rotatable bonds is 3. The van der Waals surface area contributed by atoms with Gasteiger partial charge in [-0.15, -0.1) is 0 Å². The molecule has 0 radical (unpaired) electrons. The molecule has 0 rings (SSSR count). The molecule has 0 unspecified atom stereocenters. The zero-order valence-electron chi connectivity index (χ0n) is 6.42. The lowest BCUT2D eigenvalue weighted by molar-refractivity contribution is -0.113. The Morgan fingerprint density at radius 1 is 1.50 bits per heavy atom. The van der Waals surface area contributed by atoms with Gasteiger partial charge in [-0.25, -0.2) is 0 Å². The van der Waals surface area contributed by atoms with E-state index in [4.69, 9.17) is 5.73 Å². The van der Waals surface area contributed by atoms with Crippen molar-refractivity contribution in [3.63, 3.8) is 0 Å². The molecular weight excluding hydrogens is 126 g/mol. The molecule has 56 valence electrons. The molecule has 0 saturated heterocycles. The highest BCUT2D eigenvalue weighted by Crippen LogP contribution is 1.95. The van der Waals surface area contributed by atoms with Crippen LogP contribution < -0.4 is 5.73 Å². The van der Waals surface area contributed by atoms with Crippen LogP contribution in [0.25, 0.3) is 0 Å². The van der Waals surface area contributed by atoms with Crippen LogP contribution in [0.4, 0.5) is 0 Å². The van der Waals surface area contributed by atoms with Crippen LogP contribution in [0.1, 0.15) is 20.3 Å². The predicted octanol–water partition coefficient (Wildman–Crippen LogP) is 1.38. The van der Waals surface area contributed by atoms with Crippen LogP contribution in [0.3, 0.4) is 0 Å². The molecule has 0 spiro atoms. The molecule has 10 heavy (non-hydrogen) atoms. The summed E-state index contributed by atoms with van der Waals surface area (Å²) < 4.78 is 0. The van der Waals surface area contributed by atoms with Gasteiger partial charge in [-0.2, -0.15) is 0 Å². The molecule has 0 aromatic rings. The summed E-state index contributed by atoms with van der Waals surface area (Å²) in [6.45, 7) is 3.98. The average molecular weight is 139 g/mol. The first-order valence-corrected chi connectivity index (χ1v) is 3.31. The number of hydrogen-bond acceptors (Lipinski definition) is 1. The van der Waals surface area contributed by atoms with Crippen LogP contribution in [0, 0.1) is 0 Å². The van der Waals surface area contributed by atoms with E-state index in [-0.39, 0.29) is 0 Å². The summed E-state index contributed by atoms with van der Waals surface area (Å²) in [5.74, 6) is -0.399. The Hall–Kier alpha value is -1.05. The van der Waals surface area contributed by atoms with Crippen molar-refractivity contribution in [2.24, 2.45) is 5.73 Å². The van der Waals surface area contributed by atoms with Crippen LogP contribution in [-0.4, -0.2) is 5.91 Å². The highest BCUT2D eigenvalue weighted by atomic mass is 16.1. The Bertz CT molecular complexity index is 168. The van der Waals surface area contributed by atoms with Crippen molar-refractivity contribution in [2.45, 2.75) is 20.3 Å². The third-order valence-electron chi connectivity index (χ3n) is 1.04. The summed E-state index contributed by atoms with van der Waals surface area (Å²) in [7, 11) is 0. The van der Waals surface area contributed by atoms with Crippen molar-refractivity contribution < 1.29 is 4.79 Å². The Morgan fingerprint density at radius 2 is 2.10 bits per heavy atom. The number of allylic oxidation sites excluding steroid dienone is 3. The quantitative estimate of drug-likeness (QED) is 0.466. The first-order chi connectivity index (χ1) is 4.66. The summed E-state index contributed by atoms with van der Waals surface area (Å²) >= 11 is 0. The number of carbonyl (C=O) groups excluding carboxylic acids is 1. The lowest BCUT2D eigenvalue weighted by atomic mass is 10.2. The number of amides is 1. The lowest BCUT2D eigenvalue weighted by Crippen LogP contribution is -2.05. The van der Waals surface area contributed by atoms with E-state index in [9.17, 15) is 4.79 Å². The predicted molar refractivity (Wildman–Crippen MR) is 42.4 cm³/mol. The summed E-state index contributed by atoms with van der Waals surface area (Å²) in [6.07, 6.45) is 6.09. The van der Waals surface area contributed by atoms with Crippen LogP contribution in [0.2, 0.25) is 0 Å². The van der Waals surface area contributed by atoms with Crippen LogP contribution in [0.15, 0.2) is 23.8 Å². The van der Waals surface area contributed by atoms with Gasteiger partial charge in [0, 0.05) is 6.08 Å². The third-order valence-corrected chi connectivity index (χ3v) is 1.04. The topological polar surface area (TPSA) is 43.1 Å². The molecule has 0 aromatic carbocycles. The van der Waals surface area contributed by atoms with Crippen molar-refractivity contribution in [3.05, 3.63) is 23.8 Å². The van der Waals surface area contributed by atoms with Crippen molar-refractivity contribution in [1.82, 2.24) is 0 Å². The maximum absolute atomic E-state index is 10.2. The Kier molecular flexibility index (Phi) is 4.29. The minimum atomic E-state index is -0.399. The highest BCUT2D eigenvalue weighted by molar-refractivity contribution is 5.86. The van der Waals surface area contributed by atoms with Gasteiger partial charge in [-0.1, -0.05) is 24.6 Å². The van der Waals surface area contributed by atoms with Gasteiger partial charge in [0.05, 0.1) is 0 Å². The van der Waals surface area contributed by atoms with E-state index in [1.807, 2.05) is 19.9 Å². The molecule has 0 saturated carbocycles. The molecule has 0 fully saturated rings. The van der Waals surface area contributed by atoms with Gasteiger partial charge in [0.1, 0.15) is 0 Å². The molecule has 2 heteroatoms. The second-order valence-electron chi connectivity index (χ2n) is 2.09. The molecule has 1 amide bonds. The van der Waals surface area contributed by atoms with E-state index in [1.54, 1.807) is 6.08 Å². The van der Waals surface area contributed by atoms with Crippen LogP contribution >= 0.6 is 0 Å². The van der Waals surface area contributed by atoms with Crippen molar-refractivity contribution in [3.8, 4) is 0 Å². The number of carbonyl (C=O) groups is 1. The highest BCUT2D eigenvalue weighted by Gasteiger charge is 1.82. The average Bonchev–Trinajstić information content (AvgIpc) is 1.85. The minimum Gasteiger partial charge on any atom is -0.366 e. The SMILES string of the molecule is CCC=C(C)C=CC(N)=O. The van der Waals surface area contributed by atoms with E-state index < -0.39 is 5.91 Å². The Labute approximate surface area is 61.4 Å². The molecular formula is C8H13NO. The van der Waals surface area contributed by atoms with Gasteiger partial charge < -0.3 is 5.73 Å². The number of hydrogen-bond donors (Lipinski definition) is 1. The van der Waals surface area contributed by atoms with E-state index in [0.717, 1.165) is 12.0 Å². The van der Waals surface area contributed by atoms with E-state index in [2.05, 4.69) is 0 Å². The Morgan fingerprint density at radius 3 is 2.50 bits per heavy atom. The smallest absolute Gasteiger partial charge is 0.241 e. The summed E-state index contributed by atoms with van der Waals surface area (Å²) in [5, 5.41) is 0. The first kappa shape index (κ1) is 8.95. The van der Waals surface area contributed by atoms with Gasteiger partial charge in [0.25, 0.3) is 0 Å². The molecule has 0 aliphatic rings. The molecule has 0 atom stereocenters. The fraction of sp³-hybridized carbons (Fsp3) is 0.375. The fourth-order valence-electron chi connectivity index (χ4n) is 0.604. The van der Waals surface area contributed by atoms with Crippen molar-refractivity contribution in [2.75, 3.05) is 0 Å². The molecule has 0 aromatic heterocycles. The fourth-order valence-corrected chi connectivity index (χ4v) is 0.604. The maximum Gasteiger partial charge on any atom is 0.241 e. The van der Waals surface area contributed by atoms with Gasteiger partial charge in [0.15, 0.2) is 0 Å². The Balaban J connectivity index is 3.89. The van der Waals surface area contributed by atoms with Crippen LogP contribution in [0.5, 0.6) is 0 Å². The lowest BCUT2D eigenvalue weighted by Gasteiger charge is -1.87. The standard InChI is InChI=1S/C8H13NO/c1-3-4-7(2)5-6-8(9)10/h4-6H,3H2,1-2H3,(H2,9,10). The zero-order valence-corrected chi connectivity index (χ0v) is 6.42. The van der Waals surface area contributed by atoms with Crippen LogP contribution in [-0.2, 0) is 4.79 Å². The largest absolute Gasteiger partial charge is 0.366 e. The monoisotopic (exact) mass is 139 g/mol. The summed E-state index contributed by atoms with van der Waals surface area (Å²) in [6, 6.07) is 0. The molecule has 0 bridgehead atoms. The van der Waals surface area contributed by atoms with Gasteiger partial charge in [0.2, 0.25) is 5.91 Å². The van der Waals surface area contributed by atoms with Gasteiger partial charge in [-0.3, -0.25) is 4.79 Å².